The molecule has 2 aromatic rings. The van der Waals surface area contributed by atoms with E-state index in [2.05, 4.69) is 0 Å². The molecule has 0 spiro atoms. The third kappa shape index (κ3) is 3.10. The van der Waals surface area contributed by atoms with Gasteiger partial charge in [-0.25, -0.2) is 4.39 Å². The molecule has 140 valence electrons. The van der Waals surface area contributed by atoms with E-state index in [1.54, 1.807) is 21.9 Å². The van der Waals surface area contributed by atoms with E-state index in [0.717, 1.165) is 5.69 Å². The lowest BCUT2D eigenvalue weighted by Crippen LogP contribution is -2.68. The number of fused-ring (bicyclic) bond motifs is 1. The number of para-hydroxylation sites is 1. The molecule has 2 atom stereocenters. The Morgan fingerprint density at radius 1 is 1.15 bits per heavy atom. The number of hydrogen-bond donors (Lipinski definition) is 0. The lowest BCUT2D eigenvalue weighted by Gasteiger charge is -2.52. The number of hydrogen-bond acceptors (Lipinski definition) is 3. The first-order valence-electron chi connectivity index (χ1n) is 9.04. The highest BCUT2D eigenvalue weighted by Gasteiger charge is 2.50. The third-order valence-electron chi connectivity index (χ3n) is 5.41. The monoisotopic (exact) mass is 368 g/mol. The second-order valence-corrected chi connectivity index (χ2v) is 7.21. The topological polar surface area (TPSA) is 49.9 Å². The predicted molar refractivity (Wildman–Crippen MR) is 99.0 cm³/mol. The van der Waals surface area contributed by atoms with Crippen LogP contribution < -0.4 is 4.90 Å². The van der Waals surface area contributed by atoms with E-state index in [-0.39, 0.29) is 30.0 Å². The summed E-state index contributed by atoms with van der Waals surface area (Å²) in [6, 6.07) is 15.3. The quantitative estimate of drug-likeness (QED) is 0.819. The SMILES string of the molecule is C[C@@]12CN(C(=O)c3ccccc3F)CC[C@H]1N(c1ccccc1)C(=O)CO2. The van der Waals surface area contributed by atoms with Crippen LogP contribution in [-0.2, 0) is 9.53 Å². The molecule has 0 radical (unpaired) electrons. The minimum Gasteiger partial charge on any atom is -0.361 e. The molecule has 2 amide bonds. The van der Waals surface area contributed by atoms with Gasteiger partial charge < -0.3 is 14.5 Å². The van der Waals surface area contributed by atoms with Crippen molar-refractivity contribution >= 4 is 17.5 Å². The number of piperidine rings is 1. The van der Waals surface area contributed by atoms with Crippen LogP contribution in [0.1, 0.15) is 23.7 Å². The van der Waals surface area contributed by atoms with Crippen LogP contribution in [0.25, 0.3) is 0 Å². The van der Waals surface area contributed by atoms with Gasteiger partial charge in [0.2, 0.25) is 0 Å². The normalized spacial score (nSPS) is 25.3. The van der Waals surface area contributed by atoms with Crippen molar-refractivity contribution in [3.63, 3.8) is 0 Å². The Bertz CT molecular complexity index is 873. The number of morpholine rings is 1. The van der Waals surface area contributed by atoms with Gasteiger partial charge in [0.05, 0.1) is 18.2 Å². The maximum absolute atomic E-state index is 14.0. The molecule has 6 heteroatoms. The average Bonchev–Trinajstić information content (AvgIpc) is 2.68. The van der Waals surface area contributed by atoms with E-state index >= 15 is 0 Å². The molecule has 2 saturated heterocycles. The zero-order chi connectivity index (χ0) is 19.0. The van der Waals surface area contributed by atoms with Crippen molar-refractivity contribution in [1.29, 1.82) is 0 Å². The van der Waals surface area contributed by atoms with Crippen molar-refractivity contribution in [2.75, 3.05) is 24.6 Å². The van der Waals surface area contributed by atoms with E-state index in [4.69, 9.17) is 4.74 Å². The van der Waals surface area contributed by atoms with Gasteiger partial charge in [0.25, 0.3) is 11.8 Å². The lowest BCUT2D eigenvalue weighted by atomic mass is 9.85. The number of rotatable bonds is 2. The average molecular weight is 368 g/mol. The second-order valence-electron chi connectivity index (χ2n) is 7.21. The molecule has 5 nitrogen and oxygen atoms in total. The van der Waals surface area contributed by atoms with Gasteiger partial charge in [0.15, 0.2) is 0 Å². The third-order valence-corrected chi connectivity index (χ3v) is 5.41. The molecule has 0 unspecified atom stereocenters. The molecule has 2 fully saturated rings. The fraction of sp³-hybridized carbons (Fsp3) is 0.333. The molecule has 0 aromatic heterocycles. The van der Waals surface area contributed by atoms with Crippen LogP contribution in [0.5, 0.6) is 0 Å². The fourth-order valence-corrected chi connectivity index (χ4v) is 4.05. The Kier molecular flexibility index (Phi) is 4.44. The van der Waals surface area contributed by atoms with Crippen molar-refractivity contribution in [3.05, 3.63) is 66.0 Å². The van der Waals surface area contributed by atoms with Crippen LogP contribution in [0, 0.1) is 5.82 Å². The number of carbonyl (C=O) groups is 2. The van der Waals surface area contributed by atoms with E-state index in [9.17, 15) is 14.0 Å². The largest absolute Gasteiger partial charge is 0.361 e. The Labute approximate surface area is 157 Å². The summed E-state index contributed by atoms with van der Waals surface area (Å²) in [6.07, 6.45) is 0.567. The molecule has 2 aliphatic heterocycles. The number of likely N-dealkylation sites (tertiary alicyclic amines) is 1. The van der Waals surface area contributed by atoms with Gasteiger partial charge in [-0.2, -0.15) is 0 Å². The number of ether oxygens (including phenoxy) is 1. The first kappa shape index (κ1) is 17.7. The summed E-state index contributed by atoms with van der Waals surface area (Å²) in [5.41, 5.74) is 0.186. The van der Waals surface area contributed by atoms with E-state index < -0.39 is 11.4 Å². The summed E-state index contributed by atoms with van der Waals surface area (Å²) in [5, 5.41) is 0. The minimum atomic E-state index is -0.705. The van der Waals surface area contributed by atoms with Gasteiger partial charge in [0.1, 0.15) is 18.0 Å². The number of anilines is 1. The van der Waals surface area contributed by atoms with Crippen molar-refractivity contribution < 1.29 is 18.7 Å². The highest BCUT2D eigenvalue weighted by atomic mass is 19.1. The van der Waals surface area contributed by atoms with Crippen molar-refractivity contribution in [1.82, 2.24) is 4.90 Å². The summed E-state index contributed by atoms with van der Waals surface area (Å²) in [7, 11) is 0. The molecular formula is C21H21FN2O3. The summed E-state index contributed by atoms with van der Waals surface area (Å²) < 4.78 is 19.9. The summed E-state index contributed by atoms with van der Waals surface area (Å²) in [6.45, 7) is 2.62. The van der Waals surface area contributed by atoms with Crippen LogP contribution in [0.4, 0.5) is 10.1 Å². The minimum absolute atomic E-state index is 0.0381. The van der Waals surface area contributed by atoms with Crippen molar-refractivity contribution in [2.45, 2.75) is 25.0 Å². The van der Waals surface area contributed by atoms with Crippen LogP contribution in [0.15, 0.2) is 54.6 Å². The molecule has 0 bridgehead atoms. The van der Waals surface area contributed by atoms with Crippen LogP contribution in [-0.4, -0.2) is 48.1 Å². The van der Waals surface area contributed by atoms with E-state index in [1.165, 1.54) is 12.1 Å². The van der Waals surface area contributed by atoms with Gasteiger partial charge in [-0.3, -0.25) is 9.59 Å². The van der Waals surface area contributed by atoms with Gasteiger partial charge >= 0.3 is 0 Å². The van der Waals surface area contributed by atoms with E-state index in [0.29, 0.717) is 19.5 Å². The predicted octanol–water partition coefficient (Wildman–Crippen LogP) is 2.86. The maximum Gasteiger partial charge on any atom is 0.256 e. The van der Waals surface area contributed by atoms with Gasteiger partial charge in [-0.05, 0) is 37.6 Å². The zero-order valence-corrected chi connectivity index (χ0v) is 15.1. The molecule has 2 heterocycles. The Hall–Kier alpha value is -2.73. The first-order chi connectivity index (χ1) is 13.0. The van der Waals surface area contributed by atoms with Gasteiger partial charge in [-0.15, -0.1) is 0 Å². The molecule has 2 aromatic carbocycles. The maximum atomic E-state index is 14.0. The van der Waals surface area contributed by atoms with Crippen LogP contribution in [0.2, 0.25) is 0 Å². The standard InChI is InChI=1S/C21H21FN2O3/c1-21-14-23(20(26)16-9-5-6-10-17(16)22)12-11-18(21)24(19(25)13-27-21)15-7-3-2-4-8-15/h2-10,18H,11-14H2,1H3/t18-,21-/m1/s1. The molecular weight excluding hydrogens is 347 g/mol. The molecule has 0 saturated carbocycles. The highest BCUT2D eigenvalue weighted by molar-refractivity contribution is 5.97. The zero-order valence-electron chi connectivity index (χ0n) is 15.1. The van der Waals surface area contributed by atoms with Crippen molar-refractivity contribution in [3.8, 4) is 0 Å². The van der Waals surface area contributed by atoms with Crippen molar-refractivity contribution in [2.24, 2.45) is 0 Å². The summed E-state index contributed by atoms with van der Waals surface area (Å²) in [4.78, 5) is 28.8. The number of carbonyl (C=O) groups excluding carboxylic acids is 2. The van der Waals surface area contributed by atoms with Gasteiger partial charge in [0, 0.05) is 12.2 Å². The Balaban J connectivity index is 1.60. The smallest absolute Gasteiger partial charge is 0.256 e. The Morgan fingerprint density at radius 2 is 1.85 bits per heavy atom. The molecule has 0 N–H and O–H groups in total. The number of benzene rings is 2. The summed E-state index contributed by atoms with van der Waals surface area (Å²) >= 11 is 0. The number of halogens is 1. The molecule has 4 rings (SSSR count). The summed E-state index contributed by atoms with van der Waals surface area (Å²) in [5.74, 6) is -0.961. The molecule has 27 heavy (non-hydrogen) atoms. The molecule has 0 aliphatic carbocycles. The second kappa shape index (κ2) is 6.78. The van der Waals surface area contributed by atoms with E-state index in [1.807, 2.05) is 37.3 Å². The van der Waals surface area contributed by atoms with Crippen LogP contribution in [0.3, 0.4) is 0 Å². The lowest BCUT2D eigenvalue weighted by molar-refractivity contribution is -0.149. The number of amides is 2. The first-order valence-corrected chi connectivity index (χ1v) is 9.04. The van der Waals surface area contributed by atoms with Crippen LogP contribution >= 0.6 is 0 Å². The van der Waals surface area contributed by atoms with Gasteiger partial charge in [-0.1, -0.05) is 30.3 Å². The number of nitrogens with zero attached hydrogens (tertiary/aromatic N) is 2. The Morgan fingerprint density at radius 3 is 2.59 bits per heavy atom. The highest BCUT2D eigenvalue weighted by Crippen LogP contribution is 2.36. The molecule has 2 aliphatic rings. The fourth-order valence-electron chi connectivity index (χ4n) is 4.05.